The van der Waals surface area contributed by atoms with Crippen molar-refractivity contribution in [2.24, 2.45) is 0 Å². The zero-order valence-electron chi connectivity index (χ0n) is 13.8. The number of carbonyl (C=O) groups excluding carboxylic acids is 1. The van der Waals surface area contributed by atoms with Crippen molar-refractivity contribution < 1.29 is 28.2 Å². The SMILES string of the molecule is COc1ccc(C2=C(O)C=C(C(=O)N[C@@H]3C=CS(=O)(=O)C3)C(O)N2)cc1. The molecule has 0 saturated carbocycles. The van der Waals surface area contributed by atoms with E-state index in [-0.39, 0.29) is 22.8 Å². The largest absolute Gasteiger partial charge is 0.506 e. The molecule has 3 rings (SSSR count). The van der Waals surface area contributed by atoms with Gasteiger partial charge in [0.05, 0.1) is 30.2 Å². The number of rotatable bonds is 4. The van der Waals surface area contributed by atoms with Crippen molar-refractivity contribution in [3.05, 3.63) is 58.7 Å². The molecule has 8 nitrogen and oxygen atoms in total. The molecule has 0 saturated heterocycles. The average Bonchev–Trinajstić information content (AvgIpc) is 2.95. The average molecular weight is 378 g/mol. The lowest BCUT2D eigenvalue weighted by molar-refractivity contribution is -0.118. The van der Waals surface area contributed by atoms with Gasteiger partial charge in [-0.1, -0.05) is 0 Å². The Morgan fingerprint density at radius 1 is 1.31 bits per heavy atom. The van der Waals surface area contributed by atoms with Gasteiger partial charge in [0.1, 0.15) is 11.5 Å². The topological polar surface area (TPSA) is 125 Å². The second-order valence-corrected chi connectivity index (χ2v) is 7.80. The molecule has 1 amide bonds. The van der Waals surface area contributed by atoms with Crippen LogP contribution in [0.5, 0.6) is 5.75 Å². The minimum atomic E-state index is -3.31. The quantitative estimate of drug-likeness (QED) is 0.590. The molecule has 1 aromatic rings. The van der Waals surface area contributed by atoms with Gasteiger partial charge >= 0.3 is 0 Å². The number of hydrogen-bond acceptors (Lipinski definition) is 7. The maximum atomic E-state index is 12.3. The first-order chi connectivity index (χ1) is 12.3. The van der Waals surface area contributed by atoms with Crippen LogP contribution in [-0.4, -0.2) is 49.7 Å². The van der Waals surface area contributed by atoms with Crippen molar-refractivity contribution in [1.29, 1.82) is 0 Å². The Labute approximate surface area is 150 Å². The molecule has 0 spiro atoms. The molecule has 2 aliphatic heterocycles. The van der Waals surface area contributed by atoms with Crippen LogP contribution in [0.25, 0.3) is 5.70 Å². The van der Waals surface area contributed by atoms with Crippen LogP contribution in [0.2, 0.25) is 0 Å². The lowest BCUT2D eigenvalue weighted by Crippen LogP contribution is -2.43. The molecule has 0 aliphatic carbocycles. The summed E-state index contributed by atoms with van der Waals surface area (Å²) in [5.41, 5.74) is 0.750. The number of aliphatic hydroxyl groups excluding tert-OH is 2. The summed E-state index contributed by atoms with van der Waals surface area (Å²) in [7, 11) is -1.77. The van der Waals surface area contributed by atoms with Crippen molar-refractivity contribution in [3.63, 3.8) is 0 Å². The Bertz CT molecular complexity index is 915. The number of aliphatic hydroxyl groups is 2. The first kappa shape index (κ1) is 18.0. The van der Waals surface area contributed by atoms with E-state index in [0.29, 0.717) is 11.3 Å². The summed E-state index contributed by atoms with van der Waals surface area (Å²) in [4.78, 5) is 12.3. The molecule has 2 aliphatic rings. The van der Waals surface area contributed by atoms with Crippen LogP contribution in [-0.2, 0) is 14.6 Å². The van der Waals surface area contributed by atoms with Gasteiger partial charge in [0, 0.05) is 11.0 Å². The molecular formula is C17H18N2O6S. The lowest BCUT2D eigenvalue weighted by atomic mass is 10.0. The molecule has 2 atom stereocenters. The van der Waals surface area contributed by atoms with E-state index in [9.17, 15) is 23.4 Å². The molecule has 9 heteroatoms. The molecule has 0 radical (unpaired) electrons. The highest BCUT2D eigenvalue weighted by Crippen LogP contribution is 2.25. The van der Waals surface area contributed by atoms with E-state index < -0.39 is 28.0 Å². The molecule has 2 heterocycles. The fourth-order valence-corrected chi connectivity index (χ4v) is 3.92. The van der Waals surface area contributed by atoms with Crippen molar-refractivity contribution in [1.82, 2.24) is 10.6 Å². The second kappa shape index (κ2) is 6.85. The van der Waals surface area contributed by atoms with Crippen molar-refractivity contribution in [3.8, 4) is 5.75 Å². The van der Waals surface area contributed by atoms with E-state index in [4.69, 9.17) is 4.74 Å². The minimum absolute atomic E-state index is 0.113. The van der Waals surface area contributed by atoms with E-state index in [2.05, 4.69) is 10.6 Å². The summed E-state index contributed by atoms with van der Waals surface area (Å²) < 4.78 is 27.8. The maximum Gasteiger partial charge on any atom is 0.252 e. The number of methoxy groups -OCH3 is 1. The number of amides is 1. The summed E-state index contributed by atoms with van der Waals surface area (Å²) in [5, 5.41) is 26.7. The Hall–Kier alpha value is -2.78. The number of benzene rings is 1. The third-order valence-electron chi connectivity index (χ3n) is 4.01. The van der Waals surface area contributed by atoms with E-state index in [1.54, 1.807) is 24.3 Å². The summed E-state index contributed by atoms with van der Waals surface area (Å²) in [6, 6.07) is 6.11. The highest BCUT2D eigenvalue weighted by Gasteiger charge is 2.29. The van der Waals surface area contributed by atoms with Crippen molar-refractivity contribution in [2.45, 2.75) is 12.3 Å². The maximum absolute atomic E-state index is 12.3. The van der Waals surface area contributed by atoms with Crippen LogP contribution in [0.15, 0.2) is 53.2 Å². The van der Waals surface area contributed by atoms with E-state index in [1.165, 1.54) is 13.2 Å². The molecular weight excluding hydrogens is 360 g/mol. The predicted octanol–water partition coefficient (Wildman–Crippen LogP) is 0.197. The van der Waals surface area contributed by atoms with Crippen LogP contribution in [0.4, 0.5) is 0 Å². The number of ether oxygens (including phenoxy) is 1. The Balaban J connectivity index is 1.79. The number of nitrogens with one attached hydrogen (secondary N) is 2. The van der Waals surface area contributed by atoms with Gasteiger partial charge in [0.2, 0.25) is 0 Å². The highest BCUT2D eigenvalue weighted by atomic mass is 32.2. The molecule has 4 N–H and O–H groups in total. The standard InChI is InChI=1S/C17H18N2O6S/c1-25-12-4-2-10(3-5-12)15-14(20)8-13(17(22)19-15)16(21)18-11-6-7-26(23,24)9-11/h2-8,11,17,19-20,22H,9H2,1H3,(H,18,21)/t11-,17?/m1/s1. The van der Waals surface area contributed by atoms with Gasteiger partial charge in [-0.25, -0.2) is 8.42 Å². The number of allylic oxidation sites excluding steroid dienone is 1. The first-order valence-electron chi connectivity index (χ1n) is 7.75. The molecule has 1 unspecified atom stereocenters. The van der Waals surface area contributed by atoms with Gasteiger partial charge in [-0.3, -0.25) is 4.79 Å². The predicted molar refractivity (Wildman–Crippen MR) is 94.6 cm³/mol. The van der Waals surface area contributed by atoms with Crippen LogP contribution in [0.1, 0.15) is 5.56 Å². The fourth-order valence-electron chi connectivity index (χ4n) is 2.68. The lowest BCUT2D eigenvalue weighted by Gasteiger charge is -2.25. The Morgan fingerprint density at radius 2 is 2.00 bits per heavy atom. The second-order valence-electron chi connectivity index (χ2n) is 5.87. The van der Waals surface area contributed by atoms with E-state index in [1.807, 2.05) is 0 Å². The summed E-state index contributed by atoms with van der Waals surface area (Å²) in [5.74, 6) is -0.480. The number of carbonyl (C=O) groups is 1. The number of hydrogen-bond donors (Lipinski definition) is 4. The summed E-state index contributed by atoms with van der Waals surface area (Å²) >= 11 is 0. The third kappa shape index (κ3) is 3.73. The summed E-state index contributed by atoms with van der Waals surface area (Å²) in [6.45, 7) is 0. The van der Waals surface area contributed by atoms with Gasteiger partial charge in [-0.2, -0.15) is 0 Å². The van der Waals surface area contributed by atoms with Gasteiger partial charge in [0.15, 0.2) is 16.1 Å². The smallest absolute Gasteiger partial charge is 0.252 e. The Kier molecular flexibility index (Phi) is 4.75. The number of sulfone groups is 1. The van der Waals surface area contributed by atoms with Gasteiger partial charge in [-0.05, 0) is 36.4 Å². The van der Waals surface area contributed by atoms with Gasteiger partial charge in [-0.15, -0.1) is 0 Å². The zero-order chi connectivity index (χ0) is 18.9. The number of dihydropyridines is 1. The molecule has 0 fully saturated rings. The van der Waals surface area contributed by atoms with Gasteiger partial charge < -0.3 is 25.6 Å². The van der Waals surface area contributed by atoms with E-state index >= 15 is 0 Å². The monoisotopic (exact) mass is 378 g/mol. The van der Waals surface area contributed by atoms with Crippen molar-refractivity contribution in [2.75, 3.05) is 12.9 Å². The van der Waals surface area contributed by atoms with Gasteiger partial charge in [0.25, 0.3) is 5.91 Å². The highest BCUT2D eigenvalue weighted by molar-refractivity contribution is 7.94. The van der Waals surface area contributed by atoms with Crippen LogP contribution < -0.4 is 15.4 Å². The Morgan fingerprint density at radius 3 is 2.58 bits per heavy atom. The molecule has 0 bridgehead atoms. The van der Waals surface area contributed by atoms with Crippen molar-refractivity contribution >= 4 is 21.4 Å². The molecule has 0 aromatic heterocycles. The molecule has 1 aromatic carbocycles. The minimum Gasteiger partial charge on any atom is -0.506 e. The molecule has 26 heavy (non-hydrogen) atoms. The fraction of sp³-hybridized carbons (Fsp3) is 0.235. The van der Waals surface area contributed by atoms with Crippen LogP contribution in [0, 0.1) is 0 Å². The van der Waals surface area contributed by atoms with E-state index in [0.717, 1.165) is 11.5 Å². The van der Waals surface area contributed by atoms with Crippen LogP contribution >= 0.6 is 0 Å². The normalized spacial score (nSPS) is 24.0. The summed E-state index contributed by atoms with van der Waals surface area (Å²) in [6.07, 6.45) is 1.17. The van der Waals surface area contributed by atoms with Crippen LogP contribution in [0.3, 0.4) is 0 Å². The first-order valence-corrected chi connectivity index (χ1v) is 9.46. The zero-order valence-corrected chi connectivity index (χ0v) is 14.7. The molecule has 138 valence electrons. The third-order valence-corrected chi connectivity index (χ3v) is 5.41.